The van der Waals surface area contributed by atoms with Crippen molar-refractivity contribution in [2.24, 2.45) is 0 Å². The zero-order chi connectivity index (χ0) is 16.2. The van der Waals surface area contributed by atoms with Crippen molar-refractivity contribution < 1.29 is 9.53 Å². The average Bonchev–Trinajstić information content (AvgIpc) is 2.62. The van der Waals surface area contributed by atoms with Crippen LogP contribution >= 0.6 is 0 Å². The number of methoxy groups -OCH3 is 1. The van der Waals surface area contributed by atoms with Crippen LogP contribution in [-0.4, -0.2) is 23.0 Å². The Bertz CT molecular complexity index is 828. The third kappa shape index (κ3) is 3.11. The zero-order valence-corrected chi connectivity index (χ0v) is 13.0. The van der Waals surface area contributed by atoms with Crippen molar-refractivity contribution in [1.29, 1.82) is 0 Å². The molecule has 2 aromatic carbocycles. The van der Waals surface area contributed by atoms with E-state index in [2.05, 4.69) is 29.0 Å². The van der Waals surface area contributed by atoms with Crippen LogP contribution in [0.3, 0.4) is 0 Å². The summed E-state index contributed by atoms with van der Waals surface area (Å²) in [5.41, 5.74) is 5.74. The highest BCUT2D eigenvalue weighted by Crippen LogP contribution is 2.27. The molecule has 0 bridgehead atoms. The van der Waals surface area contributed by atoms with Crippen molar-refractivity contribution in [2.45, 2.75) is 6.92 Å². The van der Waals surface area contributed by atoms with Crippen molar-refractivity contribution in [2.75, 3.05) is 7.11 Å². The molecule has 0 aliphatic carbocycles. The molecule has 0 fully saturated rings. The molecule has 0 spiro atoms. The highest BCUT2D eigenvalue weighted by Gasteiger charge is 2.08. The molecular formula is C19H16N2O2. The lowest BCUT2D eigenvalue weighted by atomic mass is 9.97. The predicted molar refractivity (Wildman–Crippen MR) is 89.0 cm³/mol. The maximum Gasteiger partial charge on any atom is 0.337 e. The molecule has 23 heavy (non-hydrogen) atoms. The monoisotopic (exact) mass is 304 g/mol. The van der Waals surface area contributed by atoms with Gasteiger partial charge in [-0.3, -0.25) is 9.97 Å². The lowest BCUT2D eigenvalue weighted by Gasteiger charge is -2.09. The fraction of sp³-hybridized carbons (Fsp3) is 0.105. The summed E-state index contributed by atoms with van der Waals surface area (Å²) < 4.78 is 4.72. The second-order valence-corrected chi connectivity index (χ2v) is 5.19. The van der Waals surface area contributed by atoms with Crippen LogP contribution in [-0.2, 0) is 4.74 Å². The van der Waals surface area contributed by atoms with E-state index in [1.54, 1.807) is 30.7 Å². The lowest BCUT2D eigenvalue weighted by Crippen LogP contribution is -2.00. The van der Waals surface area contributed by atoms with E-state index in [1.807, 2.05) is 18.2 Å². The largest absolute Gasteiger partial charge is 0.465 e. The molecule has 1 aromatic heterocycles. The number of hydrogen-bond donors (Lipinski definition) is 0. The second kappa shape index (κ2) is 6.40. The number of nitrogens with zero attached hydrogens (tertiary/aromatic N) is 2. The maximum atomic E-state index is 11.5. The fourth-order valence-corrected chi connectivity index (χ4v) is 2.50. The molecule has 0 aliphatic rings. The molecule has 0 unspecified atom stereocenters. The Morgan fingerprint density at radius 1 is 1.00 bits per heavy atom. The summed E-state index contributed by atoms with van der Waals surface area (Å²) in [6, 6.07) is 13.6. The first-order valence-electron chi connectivity index (χ1n) is 7.25. The summed E-state index contributed by atoms with van der Waals surface area (Å²) in [6.07, 6.45) is 5.09. The van der Waals surface area contributed by atoms with Crippen molar-refractivity contribution >= 4 is 5.97 Å². The van der Waals surface area contributed by atoms with Gasteiger partial charge in [0.2, 0.25) is 0 Å². The molecule has 0 amide bonds. The number of aromatic nitrogens is 2. The highest BCUT2D eigenvalue weighted by molar-refractivity contribution is 5.90. The molecule has 3 rings (SSSR count). The first-order chi connectivity index (χ1) is 11.2. The van der Waals surface area contributed by atoms with Gasteiger partial charge in [0, 0.05) is 18.0 Å². The van der Waals surface area contributed by atoms with Crippen molar-refractivity contribution in [3.05, 3.63) is 72.2 Å². The van der Waals surface area contributed by atoms with Crippen LogP contribution in [0, 0.1) is 6.92 Å². The number of esters is 1. The summed E-state index contributed by atoms with van der Waals surface area (Å²) in [4.78, 5) is 19.9. The Balaban J connectivity index is 1.93. The minimum atomic E-state index is -0.328. The van der Waals surface area contributed by atoms with E-state index in [1.165, 1.54) is 7.11 Å². The summed E-state index contributed by atoms with van der Waals surface area (Å²) in [6.45, 7) is 2.06. The van der Waals surface area contributed by atoms with Crippen LogP contribution in [0.1, 0.15) is 15.9 Å². The number of aryl methyl sites for hydroxylation is 1. The van der Waals surface area contributed by atoms with Gasteiger partial charge in [0.1, 0.15) is 0 Å². The van der Waals surface area contributed by atoms with Crippen molar-refractivity contribution in [1.82, 2.24) is 9.97 Å². The van der Waals surface area contributed by atoms with Gasteiger partial charge in [-0.1, -0.05) is 24.3 Å². The van der Waals surface area contributed by atoms with Gasteiger partial charge in [-0.2, -0.15) is 0 Å². The first-order valence-corrected chi connectivity index (χ1v) is 7.25. The second-order valence-electron chi connectivity index (χ2n) is 5.19. The Morgan fingerprint density at radius 3 is 2.35 bits per heavy atom. The Hall–Kier alpha value is -3.01. The van der Waals surface area contributed by atoms with E-state index in [0.29, 0.717) is 5.56 Å². The Labute approximate surface area is 134 Å². The molecule has 1 heterocycles. The lowest BCUT2D eigenvalue weighted by molar-refractivity contribution is 0.0601. The smallest absolute Gasteiger partial charge is 0.337 e. The van der Waals surface area contributed by atoms with E-state index >= 15 is 0 Å². The van der Waals surface area contributed by atoms with Gasteiger partial charge in [0.05, 0.1) is 24.6 Å². The molecule has 4 nitrogen and oxygen atoms in total. The van der Waals surface area contributed by atoms with E-state index in [-0.39, 0.29) is 5.97 Å². The van der Waals surface area contributed by atoms with E-state index in [9.17, 15) is 4.79 Å². The third-order valence-electron chi connectivity index (χ3n) is 3.70. The molecule has 4 heteroatoms. The summed E-state index contributed by atoms with van der Waals surface area (Å²) >= 11 is 0. The molecule has 3 aromatic rings. The van der Waals surface area contributed by atoms with Crippen LogP contribution < -0.4 is 0 Å². The van der Waals surface area contributed by atoms with Gasteiger partial charge in [0.15, 0.2) is 0 Å². The summed E-state index contributed by atoms with van der Waals surface area (Å²) in [5, 5.41) is 0. The number of hydrogen-bond acceptors (Lipinski definition) is 4. The van der Waals surface area contributed by atoms with Gasteiger partial charge in [-0.05, 0) is 41.8 Å². The van der Waals surface area contributed by atoms with E-state index < -0.39 is 0 Å². The van der Waals surface area contributed by atoms with Gasteiger partial charge in [-0.25, -0.2) is 4.79 Å². The number of ether oxygens (including phenoxy) is 1. The average molecular weight is 304 g/mol. The van der Waals surface area contributed by atoms with Crippen molar-refractivity contribution in [3.63, 3.8) is 0 Å². The zero-order valence-electron chi connectivity index (χ0n) is 13.0. The van der Waals surface area contributed by atoms with Crippen LogP contribution in [0.2, 0.25) is 0 Å². The molecule has 0 saturated heterocycles. The first kappa shape index (κ1) is 14.9. The predicted octanol–water partition coefficient (Wildman–Crippen LogP) is 3.91. The molecule has 0 atom stereocenters. The van der Waals surface area contributed by atoms with E-state index in [4.69, 9.17) is 4.74 Å². The third-order valence-corrected chi connectivity index (χ3v) is 3.70. The summed E-state index contributed by atoms with van der Waals surface area (Å²) in [7, 11) is 1.38. The van der Waals surface area contributed by atoms with Gasteiger partial charge < -0.3 is 4.74 Å². The normalized spacial score (nSPS) is 10.3. The topological polar surface area (TPSA) is 52.1 Å². The van der Waals surface area contributed by atoms with Crippen LogP contribution in [0.25, 0.3) is 22.4 Å². The minimum Gasteiger partial charge on any atom is -0.465 e. The maximum absolute atomic E-state index is 11.5. The molecular weight excluding hydrogens is 288 g/mol. The standard InChI is InChI=1S/C19H16N2O2/c1-13-11-16(18-12-20-9-10-21-18)7-8-17(13)14-3-5-15(6-4-14)19(22)23-2/h3-12H,1-2H3. The van der Waals surface area contributed by atoms with Gasteiger partial charge >= 0.3 is 5.97 Å². The van der Waals surface area contributed by atoms with Crippen LogP contribution in [0.5, 0.6) is 0 Å². The van der Waals surface area contributed by atoms with Crippen LogP contribution in [0.4, 0.5) is 0 Å². The number of carbonyl (C=O) groups is 1. The highest BCUT2D eigenvalue weighted by atomic mass is 16.5. The Morgan fingerprint density at radius 2 is 1.74 bits per heavy atom. The SMILES string of the molecule is COC(=O)c1ccc(-c2ccc(-c3cnccn3)cc2C)cc1. The number of carbonyl (C=O) groups excluding carboxylic acids is 1. The number of benzene rings is 2. The van der Waals surface area contributed by atoms with Gasteiger partial charge in [0.25, 0.3) is 0 Å². The van der Waals surface area contributed by atoms with Gasteiger partial charge in [-0.15, -0.1) is 0 Å². The molecule has 0 radical (unpaired) electrons. The van der Waals surface area contributed by atoms with Crippen molar-refractivity contribution in [3.8, 4) is 22.4 Å². The molecule has 0 N–H and O–H groups in total. The molecule has 0 saturated carbocycles. The number of rotatable bonds is 3. The molecule has 0 aliphatic heterocycles. The summed E-state index contributed by atoms with van der Waals surface area (Å²) in [5.74, 6) is -0.328. The Kier molecular flexibility index (Phi) is 4.15. The molecule has 114 valence electrons. The minimum absolute atomic E-state index is 0.328. The van der Waals surface area contributed by atoms with Crippen LogP contribution in [0.15, 0.2) is 61.1 Å². The fourth-order valence-electron chi connectivity index (χ4n) is 2.50. The van der Waals surface area contributed by atoms with E-state index in [0.717, 1.165) is 27.9 Å². The quantitative estimate of drug-likeness (QED) is 0.688.